The van der Waals surface area contributed by atoms with Crippen LogP contribution in [0.4, 0.5) is 11.4 Å². The highest BCUT2D eigenvalue weighted by atomic mass is 79.9. The zero-order valence-electron chi connectivity index (χ0n) is 26.1. The maximum atomic E-state index is 14.6. The molecular formula is C36H34BrN3O5S2. The fraction of sp³-hybridized carbons (Fsp3) is 0.278. The lowest BCUT2D eigenvalue weighted by molar-refractivity contribution is 0.00632. The van der Waals surface area contributed by atoms with Gasteiger partial charge in [-0.25, -0.2) is 9.00 Å². The van der Waals surface area contributed by atoms with Crippen molar-refractivity contribution in [2.24, 2.45) is 0 Å². The number of carbonyl (C=O) groups is 2. The lowest BCUT2D eigenvalue weighted by Crippen LogP contribution is -2.70. The van der Waals surface area contributed by atoms with E-state index >= 15 is 0 Å². The summed E-state index contributed by atoms with van der Waals surface area (Å²) in [5.74, 6) is -0.258. The van der Waals surface area contributed by atoms with Gasteiger partial charge in [-0.05, 0) is 90.0 Å². The molecule has 11 heteroatoms. The molecule has 0 spiro atoms. The molecule has 5 aromatic rings. The second-order valence-electron chi connectivity index (χ2n) is 11.8. The third kappa shape index (κ3) is 6.00. The van der Waals surface area contributed by atoms with Crippen molar-refractivity contribution < 1.29 is 23.0 Å². The molecule has 3 unspecified atom stereocenters. The first-order valence-electron chi connectivity index (χ1n) is 15.7. The van der Waals surface area contributed by atoms with Gasteiger partial charge in [0, 0.05) is 35.1 Å². The predicted octanol–water partition coefficient (Wildman–Crippen LogP) is 7.62. The normalized spacial score (nSPS) is 17.8. The third-order valence-corrected chi connectivity index (χ3v) is 12.2. The number of carbonyl (C=O) groups excluding carboxylic acids is 2. The van der Waals surface area contributed by atoms with E-state index in [0.29, 0.717) is 42.1 Å². The minimum absolute atomic E-state index is 0.0858. The Morgan fingerprint density at radius 3 is 2.51 bits per heavy atom. The Balaban J connectivity index is 1.20. The molecule has 3 aliphatic rings. The summed E-state index contributed by atoms with van der Waals surface area (Å²) in [5, 5.41) is 2.67. The quantitative estimate of drug-likeness (QED) is 0.138. The Labute approximate surface area is 288 Å². The molecule has 3 saturated heterocycles. The molecule has 0 N–H and O–H groups in total. The van der Waals surface area contributed by atoms with Crippen LogP contribution in [0.5, 0.6) is 0 Å². The topological polar surface area (TPSA) is 83.3 Å². The van der Waals surface area contributed by atoms with Crippen molar-refractivity contribution in [1.82, 2.24) is 4.90 Å². The van der Waals surface area contributed by atoms with Crippen LogP contribution in [0.3, 0.4) is 0 Å². The zero-order chi connectivity index (χ0) is 32.7. The molecule has 3 aliphatic heterocycles. The van der Waals surface area contributed by atoms with Crippen molar-refractivity contribution in [3.05, 3.63) is 110 Å². The number of amides is 1. The smallest absolute Gasteiger partial charge is 0.374 e. The van der Waals surface area contributed by atoms with Gasteiger partial charge in [0.1, 0.15) is 10.5 Å². The average molecular weight is 733 g/mol. The summed E-state index contributed by atoms with van der Waals surface area (Å²) >= 11 is 5.00. The lowest BCUT2D eigenvalue weighted by atomic mass is 9.86. The van der Waals surface area contributed by atoms with Crippen LogP contribution in [-0.2, 0) is 22.1 Å². The number of thiophene rings is 1. The van der Waals surface area contributed by atoms with Gasteiger partial charge in [-0.15, -0.1) is 11.3 Å². The Hall–Kier alpha value is -3.93. The fourth-order valence-electron chi connectivity index (χ4n) is 6.64. The number of halogens is 1. The highest BCUT2D eigenvalue weighted by Crippen LogP contribution is 2.41. The summed E-state index contributed by atoms with van der Waals surface area (Å²) in [6.45, 7) is 5.75. The highest BCUT2D eigenvalue weighted by molar-refractivity contribution is 9.10. The number of nitrogens with zero attached hydrogens (tertiary/aromatic N) is 3. The van der Waals surface area contributed by atoms with Crippen LogP contribution in [0.25, 0.3) is 11.0 Å². The first-order valence-corrected chi connectivity index (χ1v) is 18.4. The van der Waals surface area contributed by atoms with E-state index in [2.05, 4.69) is 39.0 Å². The molecule has 3 aromatic carbocycles. The molecule has 8 nitrogen and oxygen atoms in total. The second-order valence-corrected chi connectivity index (χ2v) is 14.9. The van der Waals surface area contributed by atoms with Crippen LogP contribution in [0.15, 0.2) is 98.0 Å². The van der Waals surface area contributed by atoms with Gasteiger partial charge < -0.3 is 19.0 Å². The molecule has 3 fully saturated rings. The molecular weight excluding hydrogens is 698 g/mol. The molecule has 0 aliphatic carbocycles. The number of piperazine rings is 1. The average Bonchev–Trinajstić information content (AvgIpc) is 3.67. The zero-order valence-corrected chi connectivity index (χ0v) is 29.3. The van der Waals surface area contributed by atoms with Crippen molar-refractivity contribution in [2.75, 3.05) is 35.4 Å². The summed E-state index contributed by atoms with van der Waals surface area (Å²) in [7, 11) is -1.58. The number of hydrogen-bond acceptors (Lipinski definition) is 7. The van der Waals surface area contributed by atoms with Gasteiger partial charge in [-0.3, -0.25) is 9.10 Å². The van der Waals surface area contributed by atoms with E-state index in [1.807, 2.05) is 70.0 Å². The van der Waals surface area contributed by atoms with Crippen LogP contribution < -0.4 is 9.21 Å². The number of anilines is 2. The SMILES string of the molecule is CCOC(=O)c1oc2ccc(S(=O)N(CCc3ccccc3)c3ccccc3N3CC4CC(C3)N4C(=O)c3sccc3Br)cc2c1C. The molecule has 2 bridgehead atoms. The Bertz CT molecular complexity index is 1960. The maximum Gasteiger partial charge on any atom is 0.374 e. The number of para-hydroxylation sites is 2. The minimum atomic E-state index is -1.58. The van der Waals surface area contributed by atoms with E-state index in [4.69, 9.17) is 9.15 Å². The van der Waals surface area contributed by atoms with Gasteiger partial charge in [0.15, 0.2) is 11.0 Å². The Morgan fingerprint density at radius 2 is 1.79 bits per heavy atom. The molecule has 1 amide bonds. The van der Waals surface area contributed by atoms with Crippen LogP contribution in [0.1, 0.15) is 44.7 Å². The van der Waals surface area contributed by atoms with E-state index < -0.39 is 17.0 Å². The number of ether oxygens (including phenoxy) is 1. The van der Waals surface area contributed by atoms with Gasteiger partial charge in [0.25, 0.3) is 5.91 Å². The van der Waals surface area contributed by atoms with Crippen LogP contribution in [0, 0.1) is 6.92 Å². The molecule has 8 rings (SSSR count). The van der Waals surface area contributed by atoms with Gasteiger partial charge in [-0.1, -0.05) is 42.5 Å². The lowest BCUT2D eigenvalue weighted by Gasteiger charge is -2.57. The number of rotatable bonds is 10. The van der Waals surface area contributed by atoms with E-state index in [9.17, 15) is 13.8 Å². The van der Waals surface area contributed by atoms with E-state index in [1.165, 1.54) is 11.3 Å². The largest absolute Gasteiger partial charge is 0.460 e. The minimum Gasteiger partial charge on any atom is -0.460 e. The number of benzene rings is 3. The summed E-state index contributed by atoms with van der Waals surface area (Å²) in [6, 6.07) is 25.9. The molecule has 242 valence electrons. The summed E-state index contributed by atoms with van der Waals surface area (Å²) in [4.78, 5) is 31.6. The van der Waals surface area contributed by atoms with E-state index in [1.54, 1.807) is 19.1 Å². The summed E-state index contributed by atoms with van der Waals surface area (Å²) in [6.07, 6.45) is 1.68. The summed E-state index contributed by atoms with van der Waals surface area (Å²) < 4.78 is 28.5. The number of fused-ring (bicyclic) bond motifs is 3. The van der Waals surface area contributed by atoms with Gasteiger partial charge in [0.05, 0.1) is 35.0 Å². The Morgan fingerprint density at radius 1 is 1.04 bits per heavy atom. The molecule has 3 atom stereocenters. The first-order chi connectivity index (χ1) is 22.8. The van der Waals surface area contributed by atoms with Gasteiger partial charge in [-0.2, -0.15) is 0 Å². The maximum absolute atomic E-state index is 14.6. The van der Waals surface area contributed by atoms with Crippen LogP contribution in [-0.4, -0.2) is 59.3 Å². The Kier molecular flexibility index (Phi) is 8.95. The summed E-state index contributed by atoms with van der Waals surface area (Å²) in [5.41, 5.74) is 4.23. The van der Waals surface area contributed by atoms with Crippen molar-refractivity contribution >= 4 is 72.5 Å². The van der Waals surface area contributed by atoms with Gasteiger partial charge in [0.2, 0.25) is 5.76 Å². The monoisotopic (exact) mass is 731 g/mol. The van der Waals surface area contributed by atoms with Crippen molar-refractivity contribution in [3.63, 3.8) is 0 Å². The molecule has 47 heavy (non-hydrogen) atoms. The highest BCUT2D eigenvalue weighted by Gasteiger charge is 2.48. The number of hydrogen-bond donors (Lipinski definition) is 0. The fourth-order valence-corrected chi connectivity index (χ4v) is 9.37. The molecule has 0 radical (unpaired) electrons. The number of piperidine rings is 1. The first kappa shape index (κ1) is 31.7. The van der Waals surface area contributed by atoms with E-state index in [-0.39, 0.29) is 30.4 Å². The van der Waals surface area contributed by atoms with Crippen molar-refractivity contribution in [1.29, 1.82) is 0 Å². The van der Waals surface area contributed by atoms with Crippen molar-refractivity contribution in [2.45, 2.75) is 43.7 Å². The number of esters is 1. The third-order valence-electron chi connectivity index (χ3n) is 8.95. The van der Waals surface area contributed by atoms with E-state index in [0.717, 1.165) is 38.1 Å². The van der Waals surface area contributed by atoms with Crippen LogP contribution >= 0.6 is 27.3 Å². The van der Waals surface area contributed by atoms with Gasteiger partial charge >= 0.3 is 5.97 Å². The molecule has 5 heterocycles. The standard InChI is InChI=1S/C36H34BrN3O5S2/c1-3-44-36(42)33-23(2)28-20-27(13-14-32(28)45-33)47(43)39(17-15-24-9-5-4-6-10-24)31-12-8-7-11-30(31)38-21-25-19-26(22-38)40(25)35(41)34-29(37)16-18-46-34/h4-14,16,18,20,25-26H,3,15,17,19,21-22H2,1-2H3. The molecule has 2 aromatic heterocycles. The number of furan rings is 1. The second kappa shape index (κ2) is 13.3. The van der Waals surface area contributed by atoms with Crippen molar-refractivity contribution in [3.8, 4) is 0 Å². The number of aryl methyl sites for hydroxylation is 1. The molecule has 0 saturated carbocycles. The predicted molar refractivity (Wildman–Crippen MR) is 190 cm³/mol. The van der Waals surface area contributed by atoms with Crippen LogP contribution in [0.2, 0.25) is 0 Å².